The van der Waals surface area contributed by atoms with Crippen molar-refractivity contribution in [2.75, 3.05) is 39.8 Å². The van der Waals surface area contributed by atoms with Crippen molar-refractivity contribution < 1.29 is 99.9 Å². The van der Waals surface area contributed by atoms with Crippen molar-refractivity contribution in [1.29, 1.82) is 0 Å². The molecule has 16 heteroatoms. The fraction of sp³-hybridized carbons (Fsp3) is 0.750. The summed E-state index contributed by atoms with van der Waals surface area (Å²) < 4.78 is 20.0. The first kappa shape index (κ1) is 32.4. The zero-order chi connectivity index (χ0) is 19.1. The van der Waals surface area contributed by atoms with Gasteiger partial charge >= 0.3 is 70.9 Å². The molecule has 0 saturated carbocycles. The molecule has 0 aliphatic rings. The predicted molar refractivity (Wildman–Crippen MR) is 77.9 cm³/mol. The monoisotopic (exact) mass is 421 g/mol. The molecule has 0 radical (unpaired) electrons. The van der Waals surface area contributed by atoms with Crippen LogP contribution in [0.3, 0.4) is 0 Å². The van der Waals surface area contributed by atoms with E-state index in [-0.39, 0.29) is 51.4 Å². The standard InChI is InChI=1S/2C3H8NO5P.C2H7N.K/c2*5-3(6)1-4-2-10(7,8)9;1-3-2;/h2*4H,1-2H2,(H,5,6)(H2,7,8,9);3H,1-2H3;/q;;;+1/p-1. The van der Waals surface area contributed by atoms with Gasteiger partial charge in [-0.3, -0.25) is 24.8 Å². The molecule has 1 unspecified atom stereocenters. The Hall–Kier alpha value is 0.756. The van der Waals surface area contributed by atoms with Gasteiger partial charge in [-0.25, -0.2) is 0 Å². The summed E-state index contributed by atoms with van der Waals surface area (Å²) >= 11 is 0. The molecule has 0 aromatic rings. The maximum absolute atomic E-state index is 10.1. The number of aliphatic carboxylic acids is 2. The summed E-state index contributed by atoms with van der Waals surface area (Å²) in [6.45, 7) is -0.919. The van der Waals surface area contributed by atoms with E-state index >= 15 is 0 Å². The third kappa shape index (κ3) is 49.5. The molecule has 0 spiro atoms. The second-order valence-corrected chi connectivity index (χ2v) is 7.00. The van der Waals surface area contributed by atoms with Crippen molar-refractivity contribution in [3.05, 3.63) is 0 Å². The van der Waals surface area contributed by atoms with Crippen LogP contribution in [0.25, 0.3) is 0 Å². The van der Waals surface area contributed by atoms with Crippen LogP contribution in [-0.2, 0) is 18.7 Å². The van der Waals surface area contributed by atoms with Gasteiger partial charge in [-0.15, -0.1) is 0 Å². The van der Waals surface area contributed by atoms with E-state index in [1.807, 2.05) is 19.4 Å². The number of carboxylic acids is 2. The van der Waals surface area contributed by atoms with Crippen LogP contribution in [0.15, 0.2) is 0 Å². The first-order chi connectivity index (χ1) is 10.2. The fourth-order valence-electron chi connectivity index (χ4n) is 0.613. The number of carboxylic acid groups (broad SMARTS) is 2. The largest absolute Gasteiger partial charge is 1.00 e. The maximum Gasteiger partial charge on any atom is 1.00 e. The molecule has 0 aromatic heterocycles. The van der Waals surface area contributed by atoms with Crippen LogP contribution in [0.4, 0.5) is 0 Å². The molecular weight excluding hydrogens is 399 g/mol. The second kappa shape index (κ2) is 18.5. The van der Waals surface area contributed by atoms with Crippen LogP contribution >= 0.6 is 15.2 Å². The van der Waals surface area contributed by atoms with Crippen molar-refractivity contribution in [2.45, 2.75) is 0 Å². The van der Waals surface area contributed by atoms with Crippen molar-refractivity contribution >= 4 is 27.1 Å². The van der Waals surface area contributed by atoms with Gasteiger partial charge in [-0.1, -0.05) is 0 Å². The second-order valence-electron chi connectivity index (χ2n) is 3.76. The zero-order valence-electron chi connectivity index (χ0n) is 13.5. The summed E-state index contributed by atoms with van der Waals surface area (Å²) in [6.07, 6.45) is -1.31. The molecule has 8 N–H and O–H groups in total. The Kier molecular flexibility index (Phi) is 25.1. The number of nitrogens with one attached hydrogen (secondary N) is 3. The minimum atomic E-state index is -4.35. The van der Waals surface area contributed by atoms with Crippen molar-refractivity contribution in [3.63, 3.8) is 0 Å². The predicted octanol–water partition coefficient (Wildman–Crippen LogP) is -6.20. The molecule has 0 aliphatic carbocycles. The molecular formula is C8H22KN3O10P2. The molecule has 0 rings (SSSR count). The third-order valence-corrected chi connectivity index (χ3v) is 2.44. The number of rotatable bonds is 8. The SMILES string of the molecule is CNC.O=C(O)CNCP(=O)(O)O.O=C(O)CNCP(=O)([O-])O.[K+]. The Balaban J connectivity index is -0.000000138. The summed E-state index contributed by atoms with van der Waals surface area (Å²) in [7, 11) is -4.69. The van der Waals surface area contributed by atoms with Gasteiger partial charge in [0, 0.05) is 0 Å². The Labute approximate surface area is 181 Å². The average molecular weight is 421 g/mol. The molecule has 13 nitrogen and oxygen atoms in total. The van der Waals surface area contributed by atoms with Crippen LogP contribution in [0.1, 0.15) is 0 Å². The van der Waals surface area contributed by atoms with Crippen molar-refractivity contribution in [2.24, 2.45) is 0 Å². The minimum Gasteiger partial charge on any atom is -0.778 e. The van der Waals surface area contributed by atoms with E-state index in [1.54, 1.807) is 0 Å². The van der Waals surface area contributed by atoms with Crippen LogP contribution in [0, 0.1) is 0 Å². The van der Waals surface area contributed by atoms with E-state index in [4.69, 9.17) is 24.9 Å². The molecule has 0 fully saturated rings. The maximum atomic E-state index is 10.1. The van der Waals surface area contributed by atoms with Gasteiger partial charge in [-0.05, 0) is 14.1 Å². The van der Waals surface area contributed by atoms with Crippen LogP contribution in [0.5, 0.6) is 0 Å². The van der Waals surface area contributed by atoms with E-state index in [2.05, 4.69) is 10.6 Å². The Morgan fingerprint density at radius 2 is 1.21 bits per heavy atom. The van der Waals surface area contributed by atoms with Crippen molar-refractivity contribution in [3.8, 4) is 0 Å². The Morgan fingerprint density at radius 1 is 0.917 bits per heavy atom. The molecule has 0 saturated heterocycles. The summed E-state index contributed by atoms with van der Waals surface area (Å²) in [4.78, 5) is 53.9. The van der Waals surface area contributed by atoms with E-state index in [9.17, 15) is 23.6 Å². The fourth-order valence-corrected chi connectivity index (χ4v) is 1.41. The van der Waals surface area contributed by atoms with Crippen LogP contribution in [0.2, 0.25) is 0 Å². The average Bonchev–Trinajstić information content (AvgIpc) is 2.25. The normalized spacial score (nSPS) is 12.2. The van der Waals surface area contributed by atoms with E-state index in [0.717, 1.165) is 0 Å². The third-order valence-electron chi connectivity index (χ3n) is 1.18. The van der Waals surface area contributed by atoms with Gasteiger partial charge in [-0.2, -0.15) is 0 Å². The van der Waals surface area contributed by atoms with Gasteiger partial charge in [0.15, 0.2) is 0 Å². The molecule has 140 valence electrons. The van der Waals surface area contributed by atoms with E-state index in [1.165, 1.54) is 0 Å². The minimum absolute atomic E-state index is 0. The van der Waals surface area contributed by atoms with Crippen LogP contribution in [-0.4, -0.2) is 76.6 Å². The molecule has 24 heavy (non-hydrogen) atoms. The van der Waals surface area contributed by atoms with Gasteiger partial charge in [0.1, 0.15) is 7.60 Å². The van der Waals surface area contributed by atoms with Crippen molar-refractivity contribution in [1.82, 2.24) is 16.0 Å². The summed E-state index contributed by atoms with van der Waals surface area (Å²) in [5.41, 5.74) is 0. The van der Waals surface area contributed by atoms with Gasteiger partial charge in [0.05, 0.1) is 25.7 Å². The molecule has 1 atom stereocenters. The van der Waals surface area contributed by atoms with Crippen LogP contribution < -0.4 is 72.2 Å². The molecule has 0 amide bonds. The topological polar surface area (TPSA) is 229 Å². The number of hydrogen-bond donors (Lipinski definition) is 8. The molecule has 0 aromatic carbocycles. The summed E-state index contributed by atoms with van der Waals surface area (Å²) in [5.74, 6) is -2.32. The van der Waals surface area contributed by atoms with E-state index in [0.29, 0.717) is 0 Å². The number of carbonyl (C=O) groups is 2. The summed E-state index contributed by atoms with van der Waals surface area (Å²) in [6, 6.07) is 0. The molecule has 0 bridgehead atoms. The first-order valence-corrected chi connectivity index (χ1v) is 9.32. The summed E-state index contributed by atoms with van der Waals surface area (Å²) in [5, 5.41) is 22.8. The Bertz CT molecular complexity index is 388. The zero-order valence-corrected chi connectivity index (χ0v) is 18.4. The number of hydrogen-bond acceptors (Lipinski definition) is 8. The Morgan fingerprint density at radius 3 is 1.42 bits per heavy atom. The van der Waals surface area contributed by atoms with E-state index < -0.39 is 52.8 Å². The van der Waals surface area contributed by atoms with Gasteiger partial charge in [0.25, 0.3) is 0 Å². The van der Waals surface area contributed by atoms with Gasteiger partial charge < -0.3 is 39.7 Å². The quantitative estimate of drug-likeness (QED) is 0.135. The molecule has 0 aliphatic heterocycles. The van der Waals surface area contributed by atoms with Gasteiger partial charge in [0.2, 0.25) is 0 Å². The first-order valence-electron chi connectivity index (χ1n) is 5.76. The molecule has 0 heterocycles. The smallest absolute Gasteiger partial charge is 0.778 e.